The number of hydrogen-bond acceptors (Lipinski definition) is 3. The summed E-state index contributed by atoms with van der Waals surface area (Å²) in [5, 5.41) is 0. The van der Waals surface area contributed by atoms with E-state index in [-0.39, 0.29) is 0 Å². The number of nitrogens with zero attached hydrogens (tertiary/aromatic N) is 1. The van der Waals surface area contributed by atoms with Crippen LogP contribution in [-0.2, 0) is 11.2 Å². The third-order valence-corrected chi connectivity index (χ3v) is 4.28. The number of aryl methyl sites for hydroxylation is 1. The van der Waals surface area contributed by atoms with Crippen molar-refractivity contribution >= 4 is 5.69 Å². The smallest absolute Gasteiger partial charge is 0.0700 e. The second-order valence-electron chi connectivity index (χ2n) is 5.41. The molecule has 3 nitrogen and oxygen atoms in total. The quantitative estimate of drug-likeness (QED) is 0.814. The highest BCUT2D eigenvalue weighted by Gasteiger charge is 2.31. The summed E-state index contributed by atoms with van der Waals surface area (Å²) < 4.78 is 5.76. The number of anilines is 1. The maximum absolute atomic E-state index is 5.86. The van der Waals surface area contributed by atoms with Crippen molar-refractivity contribution in [3.05, 3.63) is 29.3 Å². The fraction of sp³-hybridized carbons (Fsp3) is 0.600. The Bertz CT molecular complexity index is 433. The highest BCUT2D eigenvalue weighted by atomic mass is 16.5. The third kappa shape index (κ3) is 2.13. The molecule has 2 unspecified atom stereocenters. The Morgan fingerprint density at radius 2 is 2.33 bits per heavy atom. The van der Waals surface area contributed by atoms with Gasteiger partial charge in [0, 0.05) is 24.8 Å². The maximum Gasteiger partial charge on any atom is 0.0700 e. The van der Waals surface area contributed by atoms with Gasteiger partial charge >= 0.3 is 0 Å². The average molecular weight is 246 g/mol. The minimum atomic E-state index is 0.414. The van der Waals surface area contributed by atoms with Gasteiger partial charge < -0.3 is 10.5 Å². The third-order valence-electron chi connectivity index (χ3n) is 4.28. The highest BCUT2D eigenvalue weighted by Crippen LogP contribution is 2.37. The van der Waals surface area contributed by atoms with Crippen LogP contribution in [0.3, 0.4) is 0 Å². The number of fused-ring (bicyclic) bond motifs is 1. The van der Waals surface area contributed by atoms with Gasteiger partial charge in [-0.1, -0.05) is 13.0 Å². The predicted molar refractivity (Wildman–Crippen MR) is 73.5 cm³/mol. The molecular weight excluding hydrogens is 224 g/mol. The number of nitrogens with two attached hydrogens (primary N) is 1. The van der Waals surface area contributed by atoms with E-state index in [1.165, 1.54) is 24.0 Å². The zero-order valence-electron chi connectivity index (χ0n) is 11.1. The van der Waals surface area contributed by atoms with Gasteiger partial charge in [0.25, 0.3) is 0 Å². The molecule has 18 heavy (non-hydrogen) atoms. The molecule has 2 N–H and O–H groups in total. The summed E-state index contributed by atoms with van der Waals surface area (Å²) in [5.74, 6) is 0. The van der Waals surface area contributed by atoms with Crippen molar-refractivity contribution < 1.29 is 4.74 Å². The van der Waals surface area contributed by atoms with Crippen molar-refractivity contribution in [3.63, 3.8) is 0 Å². The lowest BCUT2D eigenvalue weighted by molar-refractivity contribution is -0.0447. The fourth-order valence-electron chi connectivity index (χ4n) is 3.27. The van der Waals surface area contributed by atoms with Gasteiger partial charge in [-0.05, 0) is 42.5 Å². The Morgan fingerprint density at radius 1 is 1.44 bits per heavy atom. The first kappa shape index (κ1) is 12.0. The van der Waals surface area contributed by atoms with Gasteiger partial charge in [0.15, 0.2) is 0 Å². The largest absolute Gasteiger partial charge is 0.399 e. The fourth-order valence-corrected chi connectivity index (χ4v) is 3.27. The number of benzene rings is 1. The molecule has 0 bridgehead atoms. The van der Waals surface area contributed by atoms with Crippen molar-refractivity contribution in [1.29, 1.82) is 0 Å². The van der Waals surface area contributed by atoms with E-state index in [9.17, 15) is 0 Å². The predicted octanol–water partition coefficient (Wildman–Crippen LogP) is 2.37. The molecule has 1 saturated heterocycles. The first-order chi connectivity index (χ1) is 8.78. The molecule has 3 rings (SSSR count). The zero-order valence-corrected chi connectivity index (χ0v) is 11.1. The molecule has 0 saturated carbocycles. The molecule has 0 spiro atoms. The van der Waals surface area contributed by atoms with E-state index < -0.39 is 0 Å². The van der Waals surface area contributed by atoms with Crippen LogP contribution >= 0.6 is 0 Å². The van der Waals surface area contributed by atoms with E-state index >= 15 is 0 Å². The Labute approximate surface area is 109 Å². The first-order valence-electron chi connectivity index (χ1n) is 7.02. The SMILES string of the molecule is CCC1CN(C2CCc3cc(N)ccc32)CCO1. The highest BCUT2D eigenvalue weighted by molar-refractivity contribution is 5.47. The Balaban J connectivity index is 1.79. The lowest BCUT2D eigenvalue weighted by Gasteiger charge is -2.37. The van der Waals surface area contributed by atoms with Crippen LogP contribution < -0.4 is 5.73 Å². The Morgan fingerprint density at radius 3 is 3.17 bits per heavy atom. The first-order valence-corrected chi connectivity index (χ1v) is 7.02. The van der Waals surface area contributed by atoms with E-state index in [2.05, 4.69) is 24.0 Å². The van der Waals surface area contributed by atoms with Crippen LogP contribution in [0.25, 0.3) is 0 Å². The minimum absolute atomic E-state index is 0.414. The van der Waals surface area contributed by atoms with Gasteiger partial charge in [-0.25, -0.2) is 0 Å². The van der Waals surface area contributed by atoms with E-state index in [0.29, 0.717) is 12.1 Å². The standard InChI is InChI=1S/C15H22N2O/c1-2-13-10-17(7-8-18-13)15-6-3-11-9-12(16)4-5-14(11)15/h4-5,9,13,15H,2-3,6-8,10,16H2,1H3. The second-order valence-corrected chi connectivity index (χ2v) is 5.41. The van der Waals surface area contributed by atoms with E-state index in [0.717, 1.165) is 31.8 Å². The average Bonchev–Trinajstić information content (AvgIpc) is 2.81. The normalized spacial score (nSPS) is 28.3. The van der Waals surface area contributed by atoms with Crippen molar-refractivity contribution in [2.45, 2.75) is 38.3 Å². The molecule has 1 aliphatic heterocycles. The van der Waals surface area contributed by atoms with Gasteiger partial charge in [-0.15, -0.1) is 0 Å². The number of hydrogen-bond donors (Lipinski definition) is 1. The van der Waals surface area contributed by atoms with Crippen LogP contribution in [0, 0.1) is 0 Å². The van der Waals surface area contributed by atoms with Gasteiger partial charge in [0.1, 0.15) is 0 Å². The molecule has 0 amide bonds. The molecule has 1 aromatic rings. The van der Waals surface area contributed by atoms with E-state index in [1.807, 2.05) is 6.07 Å². The van der Waals surface area contributed by atoms with Crippen LogP contribution in [0.15, 0.2) is 18.2 Å². The maximum atomic E-state index is 5.86. The molecule has 2 aliphatic rings. The number of nitrogen functional groups attached to an aromatic ring is 1. The molecule has 2 atom stereocenters. The number of morpholine rings is 1. The van der Waals surface area contributed by atoms with Crippen molar-refractivity contribution in [3.8, 4) is 0 Å². The number of rotatable bonds is 2. The Hall–Kier alpha value is -1.06. The molecule has 1 heterocycles. The van der Waals surface area contributed by atoms with Crippen molar-refractivity contribution in [2.24, 2.45) is 0 Å². The lowest BCUT2D eigenvalue weighted by Crippen LogP contribution is -2.43. The molecule has 98 valence electrons. The summed E-state index contributed by atoms with van der Waals surface area (Å²) >= 11 is 0. The van der Waals surface area contributed by atoms with Crippen LogP contribution in [0.4, 0.5) is 5.69 Å². The second kappa shape index (κ2) is 4.90. The van der Waals surface area contributed by atoms with Crippen LogP contribution in [-0.4, -0.2) is 30.7 Å². The lowest BCUT2D eigenvalue weighted by atomic mass is 10.0. The summed E-state index contributed by atoms with van der Waals surface area (Å²) in [6.07, 6.45) is 3.92. The van der Waals surface area contributed by atoms with Gasteiger partial charge in [-0.2, -0.15) is 0 Å². The summed E-state index contributed by atoms with van der Waals surface area (Å²) in [6.45, 7) is 5.22. The van der Waals surface area contributed by atoms with Crippen molar-refractivity contribution in [1.82, 2.24) is 4.90 Å². The van der Waals surface area contributed by atoms with Gasteiger partial charge in [-0.3, -0.25) is 4.90 Å². The summed E-state index contributed by atoms with van der Waals surface area (Å²) in [7, 11) is 0. The topological polar surface area (TPSA) is 38.5 Å². The van der Waals surface area contributed by atoms with Crippen LogP contribution in [0.2, 0.25) is 0 Å². The molecule has 3 heteroatoms. The molecule has 1 aliphatic carbocycles. The molecule has 1 aromatic carbocycles. The van der Waals surface area contributed by atoms with Gasteiger partial charge in [0.2, 0.25) is 0 Å². The van der Waals surface area contributed by atoms with Crippen LogP contribution in [0.5, 0.6) is 0 Å². The van der Waals surface area contributed by atoms with E-state index in [4.69, 9.17) is 10.5 Å². The molecular formula is C15H22N2O. The summed E-state index contributed by atoms with van der Waals surface area (Å²) in [5.41, 5.74) is 9.69. The van der Waals surface area contributed by atoms with Crippen molar-refractivity contribution in [2.75, 3.05) is 25.4 Å². The Kier molecular flexibility index (Phi) is 3.27. The van der Waals surface area contributed by atoms with Gasteiger partial charge in [0.05, 0.1) is 12.7 Å². The molecule has 0 radical (unpaired) electrons. The summed E-state index contributed by atoms with van der Waals surface area (Å²) in [6, 6.07) is 6.99. The zero-order chi connectivity index (χ0) is 12.5. The van der Waals surface area contributed by atoms with Crippen LogP contribution in [0.1, 0.15) is 36.9 Å². The van der Waals surface area contributed by atoms with E-state index in [1.54, 1.807) is 0 Å². The molecule has 0 aromatic heterocycles. The molecule has 1 fully saturated rings. The monoisotopic (exact) mass is 246 g/mol. The minimum Gasteiger partial charge on any atom is -0.399 e. The number of ether oxygens (including phenoxy) is 1. The summed E-state index contributed by atoms with van der Waals surface area (Å²) in [4.78, 5) is 2.60.